The normalized spacial score (nSPS) is 14.4. The van der Waals surface area contributed by atoms with E-state index < -0.39 is 5.24 Å². The Kier molecular flexibility index (Phi) is 3.71. The average molecular weight is 268 g/mol. The van der Waals surface area contributed by atoms with Gasteiger partial charge in [0.1, 0.15) is 0 Å². The van der Waals surface area contributed by atoms with Crippen molar-refractivity contribution >= 4 is 28.4 Å². The minimum absolute atomic E-state index is 0.402. The molecule has 0 saturated heterocycles. The molecule has 1 fully saturated rings. The van der Waals surface area contributed by atoms with Crippen LogP contribution in [0, 0.1) is 11.3 Å². The molecule has 0 N–H and O–H groups in total. The summed E-state index contributed by atoms with van der Waals surface area (Å²) in [4.78, 5) is 11.4. The number of nitrogens with zero attached hydrogens (tertiary/aromatic N) is 1. The van der Waals surface area contributed by atoms with Crippen molar-refractivity contribution in [2.45, 2.75) is 25.2 Å². The van der Waals surface area contributed by atoms with Gasteiger partial charge in [0.25, 0.3) is 5.24 Å². The highest BCUT2D eigenvalue weighted by Crippen LogP contribution is 2.44. The summed E-state index contributed by atoms with van der Waals surface area (Å²) in [6.45, 7) is 0. The van der Waals surface area contributed by atoms with Crippen LogP contribution in [0.4, 0.5) is 0 Å². The monoisotopic (exact) mass is 267 g/mol. The predicted molar refractivity (Wildman–Crippen MR) is 67.7 cm³/mol. The van der Waals surface area contributed by atoms with Gasteiger partial charge >= 0.3 is 0 Å². The molecule has 1 aliphatic carbocycles. The zero-order valence-electron chi connectivity index (χ0n) is 9.17. The van der Waals surface area contributed by atoms with E-state index in [0.717, 1.165) is 24.0 Å². The second-order valence-electron chi connectivity index (χ2n) is 4.15. The zero-order chi connectivity index (χ0) is 12.4. The number of alkyl halides is 1. The zero-order valence-corrected chi connectivity index (χ0v) is 10.7. The van der Waals surface area contributed by atoms with Crippen molar-refractivity contribution in [2.75, 3.05) is 5.88 Å². The van der Waals surface area contributed by atoms with Crippen LogP contribution in [-0.2, 0) is 6.42 Å². The Morgan fingerprint density at radius 2 is 2.18 bits per heavy atom. The molecule has 2 rings (SSSR count). The molecule has 88 valence electrons. The third-order valence-corrected chi connectivity index (χ3v) is 3.41. The van der Waals surface area contributed by atoms with Crippen LogP contribution in [-0.4, -0.2) is 11.1 Å². The third kappa shape index (κ3) is 2.46. The highest BCUT2D eigenvalue weighted by atomic mass is 35.5. The molecule has 0 heterocycles. The number of carbonyl (C=O) groups is 1. The van der Waals surface area contributed by atoms with Crippen molar-refractivity contribution in [3.8, 4) is 6.07 Å². The first-order valence-electron chi connectivity index (χ1n) is 5.50. The summed E-state index contributed by atoms with van der Waals surface area (Å²) in [5.74, 6) is 0.824. The molecular formula is C13H11Cl2NO. The van der Waals surface area contributed by atoms with Crippen LogP contribution >= 0.6 is 23.2 Å². The van der Waals surface area contributed by atoms with Gasteiger partial charge in [-0.25, -0.2) is 0 Å². The van der Waals surface area contributed by atoms with Gasteiger partial charge < -0.3 is 0 Å². The number of benzene rings is 1. The Balaban J connectivity index is 2.61. The second-order valence-corrected chi connectivity index (χ2v) is 4.87. The molecule has 0 unspecified atom stereocenters. The van der Waals surface area contributed by atoms with Crippen LogP contribution in [0.1, 0.15) is 45.8 Å². The summed E-state index contributed by atoms with van der Waals surface area (Å²) in [5, 5.41) is 8.64. The smallest absolute Gasteiger partial charge is 0.252 e. The predicted octanol–water partition coefficient (Wildman–Crippen LogP) is 3.60. The lowest BCUT2D eigenvalue weighted by molar-refractivity contribution is 0.108. The number of hydrogen-bond acceptors (Lipinski definition) is 2. The number of hydrogen-bond donors (Lipinski definition) is 0. The van der Waals surface area contributed by atoms with Gasteiger partial charge in [-0.15, -0.1) is 11.6 Å². The standard InChI is InChI=1S/C13H11Cl2NO/c14-6-5-10-11(13(15)17)4-3-9(7-16)12(10)8-1-2-8/h3-4,8H,1-2,5-6H2. The third-order valence-electron chi connectivity index (χ3n) is 3.02. The Morgan fingerprint density at radius 3 is 2.65 bits per heavy atom. The lowest BCUT2D eigenvalue weighted by atomic mass is 9.92. The Morgan fingerprint density at radius 1 is 1.47 bits per heavy atom. The number of halogens is 2. The number of rotatable bonds is 4. The second kappa shape index (κ2) is 5.08. The van der Waals surface area contributed by atoms with E-state index in [1.165, 1.54) is 0 Å². The van der Waals surface area contributed by atoms with E-state index in [1.54, 1.807) is 12.1 Å². The SMILES string of the molecule is N#Cc1ccc(C(=O)Cl)c(CCCl)c1C1CC1. The summed E-state index contributed by atoms with van der Waals surface area (Å²) in [5.41, 5.74) is 2.99. The van der Waals surface area contributed by atoms with Crippen LogP contribution in [0.3, 0.4) is 0 Å². The van der Waals surface area contributed by atoms with Gasteiger partial charge in [0.15, 0.2) is 0 Å². The summed E-state index contributed by atoms with van der Waals surface area (Å²) in [6.07, 6.45) is 2.73. The van der Waals surface area contributed by atoms with Gasteiger partial charge in [0, 0.05) is 11.4 Å². The Bertz CT molecular complexity index is 501. The molecule has 0 aliphatic heterocycles. The molecule has 4 heteroatoms. The largest absolute Gasteiger partial charge is 0.276 e. The molecule has 1 aromatic carbocycles. The van der Waals surface area contributed by atoms with Gasteiger partial charge in [-0.2, -0.15) is 5.26 Å². The maximum Gasteiger partial charge on any atom is 0.252 e. The molecule has 0 atom stereocenters. The van der Waals surface area contributed by atoms with Gasteiger partial charge in [0.05, 0.1) is 11.6 Å². The minimum atomic E-state index is -0.475. The molecule has 0 bridgehead atoms. The van der Waals surface area contributed by atoms with Gasteiger partial charge in [0.2, 0.25) is 0 Å². The first-order valence-corrected chi connectivity index (χ1v) is 6.42. The van der Waals surface area contributed by atoms with Crippen molar-refractivity contribution in [2.24, 2.45) is 0 Å². The van der Waals surface area contributed by atoms with Crippen molar-refractivity contribution < 1.29 is 4.79 Å². The molecule has 0 radical (unpaired) electrons. The van der Waals surface area contributed by atoms with Crippen LogP contribution < -0.4 is 0 Å². The van der Waals surface area contributed by atoms with E-state index in [4.69, 9.17) is 28.5 Å². The van der Waals surface area contributed by atoms with E-state index in [2.05, 4.69) is 6.07 Å². The summed E-state index contributed by atoms with van der Waals surface area (Å²) in [6, 6.07) is 5.49. The molecule has 0 amide bonds. The minimum Gasteiger partial charge on any atom is -0.276 e. The quantitative estimate of drug-likeness (QED) is 0.618. The van der Waals surface area contributed by atoms with E-state index in [-0.39, 0.29) is 0 Å². The fraction of sp³-hybridized carbons (Fsp3) is 0.385. The number of nitriles is 1. The van der Waals surface area contributed by atoms with Crippen molar-refractivity contribution in [1.82, 2.24) is 0 Å². The fourth-order valence-electron chi connectivity index (χ4n) is 2.15. The highest BCUT2D eigenvalue weighted by molar-refractivity contribution is 6.68. The van der Waals surface area contributed by atoms with E-state index in [1.807, 2.05) is 0 Å². The van der Waals surface area contributed by atoms with E-state index in [9.17, 15) is 4.79 Å². The highest BCUT2D eigenvalue weighted by Gasteiger charge is 2.30. The molecule has 0 aromatic heterocycles. The summed E-state index contributed by atoms with van der Waals surface area (Å²) >= 11 is 11.3. The van der Waals surface area contributed by atoms with Crippen LogP contribution in [0.15, 0.2) is 12.1 Å². The number of carbonyl (C=O) groups excluding carboxylic acids is 1. The van der Waals surface area contributed by atoms with E-state index in [0.29, 0.717) is 29.3 Å². The van der Waals surface area contributed by atoms with Crippen molar-refractivity contribution in [3.05, 3.63) is 34.4 Å². The first kappa shape index (κ1) is 12.4. The summed E-state index contributed by atoms with van der Waals surface area (Å²) < 4.78 is 0. The van der Waals surface area contributed by atoms with Gasteiger partial charge in [-0.1, -0.05) is 0 Å². The molecule has 17 heavy (non-hydrogen) atoms. The molecule has 1 aromatic rings. The van der Waals surface area contributed by atoms with Crippen LogP contribution in [0.5, 0.6) is 0 Å². The van der Waals surface area contributed by atoms with Gasteiger partial charge in [-0.05, 0) is 60.0 Å². The Labute approximate surface area is 110 Å². The average Bonchev–Trinajstić information content (AvgIpc) is 3.12. The van der Waals surface area contributed by atoms with Gasteiger partial charge in [-0.3, -0.25) is 4.79 Å². The summed E-state index contributed by atoms with van der Waals surface area (Å²) in [7, 11) is 0. The lowest BCUT2D eigenvalue weighted by Gasteiger charge is -2.13. The van der Waals surface area contributed by atoms with Crippen LogP contribution in [0.25, 0.3) is 0 Å². The molecule has 1 saturated carbocycles. The topological polar surface area (TPSA) is 40.9 Å². The van der Waals surface area contributed by atoms with Crippen molar-refractivity contribution in [3.63, 3.8) is 0 Å². The molecule has 2 nitrogen and oxygen atoms in total. The first-order chi connectivity index (χ1) is 8.19. The maximum atomic E-state index is 11.4. The lowest BCUT2D eigenvalue weighted by Crippen LogP contribution is -2.05. The van der Waals surface area contributed by atoms with Crippen molar-refractivity contribution in [1.29, 1.82) is 5.26 Å². The molecule has 0 spiro atoms. The molecular weight excluding hydrogens is 257 g/mol. The Hall–Kier alpha value is -1.04. The maximum absolute atomic E-state index is 11.4. The van der Waals surface area contributed by atoms with Crippen LogP contribution in [0.2, 0.25) is 0 Å². The molecule has 1 aliphatic rings. The fourth-order valence-corrected chi connectivity index (χ4v) is 2.51. The van der Waals surface area contributed by atoms with E-state index >= 15 is 0 Å².